The predicted molar refractivity (Wildman–Crippen MR) is 133 cm³/mol. The van der Waals surface area contributed by atoms with Gasteiger partial charge in [0.05, 0.1) is 17.7 Å². The Morgan fingerprint density at radius 3 is 2.38 bits per heavy atom. The van der Waals surface area contributed by atoms with E-state index in [1.807, 2.05) is 31.2 Å². The van der Waals surface area contributed by atoms with E-state index in [-0.39, 0.29) is 4.90 Å². The van der Waals surface area contributed by atoms with Gasteiger partial charge in [-0.05, 0) is 61.5 Å². The molecule has 1 heterocycles. The molecule has 0 bridgehead atoms. The van der Waals surface area contributed by atoms with Crippen LogP contribution in [-0.2, 0) is 10.0 Å². The number of nitrogens with one attached hydrogen (secondary N) is 1. The van der Waals surface area contributed by atoms with E-state index in [4.69, 9.17) is 4.74 Å². The molecule has 1 N–H and O–H groups in total. The Bertz CT molecular complexity index is 1420. The van der Waals surface area contributed by atoms with E-state index < -0.39 is 15.9 Å². The van der Waals surface area contributed by atoms with Gasteiger partial charge >= 0.3 is 0 Å². The molecule has 8 nitrogen and oxygen atoms in total. The molecule has 0 saturated carbocycles. The SMILES string of the molecule is COc1ccc(-c2nnc(NC(=O)c3cccc(N(C)S(=O)(=O)c4ccc(C)cc4)c3)s2)cc1. The third kappa shape index (κ3) is 4.92. The maximum absolute atomic E-state index is 13.0. The number of hydrogen-bond donors (Lipinski definition) is 1. The summed E-state index contributed by atoms with van der Waals surface area (Å²) in [5, 5.41) is 11.9. The monoisotopic (exact) mass is 494 g/mol. The molecule has 0 fully saturated rings. The Balaban J connectivity index is 1.51. The van der Waals surface area contributed by atoms with E-state index >= 15 is 0 Å². The largest absolute Gasteiger partial charge is 0.497 e. The first-order chi connectivity index (χ1) is 16.3. The number of carbonyl (C=O) groups is 1. The molecule has 0 spiro atoms. The maximum atomic E-state index is 13.0. The summed E-state index contributed by atoms with van der Waals surface area (Å²) in [6, 6.07) is 20.4. The summed E-state index contributed by atoms with van der Waals surface area (Å²) in [5.41, 5.74) is 2.48. The van der Waals surface area contributed by atoms with Gasteiger partial charge in [0.2, 0.25) is 5.13 Å². The summed E-state index contributed by atoms with van der Waals surface area (Å²) < 4.78 is 32.3. The Labute approximate surface area is 201 Å². The second-order valence-electron chi connectivity index (χ2n) is 7.43. The van der Waals surface area contributed by atoms with Crippen LogP contribution in [0.4, 0.5) is 10.8 Å². The van der Waals surface area contributed by atoms with Crippen molar-refractivity contribution in [1.29, 1.82) is 0 Å². The molecule has 4 aromatic rings. The Morgan fingerprint density at radius 2 is 1.71 bits per heavy atom. The first-order valence-corrected chi connectivity index (χ1v) is 12.5. The zero-order valence-electron chi connectivity index (χ0n) is 18.7. The fourth-order valence-corrected chi connectivity index (χ4v) is 5.07. The van der Waals surface area contributed by atoms with Gasteiger partial charge in [0.1, 0.15) is 10.8 Å². The quantitative estimate of drug-likeness (QED) is 0.403. The van der Waals surface area contributed by atoms with E-state index in [1.54, 1.807) is 49.6 Å². The third-order valence-corrected chi connectivity index (χ3v) is 7.82. The van der Waals surface area contributed by atoms with Crippen molar-refractivity contribution in [2.45, 2.75) is 11.8 Å². The zero-order chi connectivity index (χ0) is 24.3. The summed E-state index contributed by atoms with van der Waals surface area (Å²) in [7, 11) is -0.718. The number of amides is 1. The van der Waals surface area contributed by atoms with E-state index in [9.17, 15) is 13.2 Å². The molecule has 0 saturated heterocycles. The maximum Gasteiger partial charge on any atom is 0.264 e. The number of aromatic nitrogens is 2. The number of hydrogen-bond acceptors (Lipinski definition) is 7. The average molecular weight is 495 g/mol. The second kappa shape index (κ2) is 9.62. The number of ether oxygens (including phenoxy) is 1. The Kier molecular flexibility index (Phi) is 6.62. The highest BCUT2D eigenvalue weighted by molar-refractivity contribution is 7.92. The van der Waals surface area contributed by atoms with Crippen LogP contribution >= 0.6 is 11.3 Å². The lowest BCUT2D eigenvalue weighted by molar-refractivity contribution is 0.102. The van der Waals surface area contributed by atoms with E-state index in [1.165, 1.54) is 24.5 Å². The van der Waals surface area contributed by atoms with Crippen molar-refractivity contribution in [3.05, 3.63) is 83.9 Å². The Morgan fingerprint density at radius 1 is 1.00 bits per heavy atom. The number of aryl methyl sites for hydroxylation is 1. The standard InChI is InChI=1S/C24H22N4O4S2/c1-16-7-13-21(14-8-16)34(30,31)28(2)19-6-4-5-18(15-19)22(29)25-24-27-26-23(33-24)17-9-11-20(32-3)12-10-17/h4-15H,1-3H3,(H,25,27,29). The third-order valence-electron chi connectivity index (χ3n) is 5.13. The molecule has 0 atom stereocenters. The van der Waals surface area contributed by atoms with Gasteiger partial charge in [-0.25, -0.2) is 8.42 Å². The molecule has 0 aliphatic carbocycles. The van der Waals surface area contributed by atoms with Crippen LogP contribution < -0.4 is 14.4 Å². The molecule has 1 aromatic heterocycles. The van der Waals surface area contributed by atoms with Crippen LogP contribution in [0, 0.1) is 6.92 Å². The van der Waals surface area contributed by atoms with Gasteiger partial charge in [-0.2, -0.15) is 0 Å². The number of nitrogens with zero attached hydrogens (tertiary/aromatic N) is 3. The molecule has 0 aliphatic heterocycles. The van der Waals surface area contributed by atoms with Crippen molar-refractivity contribution in [3.63, 3.8) is 0 Å². The van der Waals surface area contributed by atoms with Crippen molar-refractivity contribution < 1.29 is 17.9 Å². The lowest BCUT2D eigenvalue weighted by Gasteiger charge is -2.20. The molecule has 0 radical (unpaired) electrons. The lowest BCUT2D eigenvalue weighted by atomic mass is 10.2. The number of benzene rings is 3. The molecular formula is C24H22N4O4S2. The normalized spacial score (nSPS) is 11.1. The molecule has 3 aromatic carbocycles. The Hall–Kier alpha value is -3.76. The summed E-state index contributed by atoms with van der Waals surface area (Å²) in [5.74, 6) is 0.316. The summed E-state index contributed by atoms with van der Waals surface area (Å²) in [6.45, 7) is 1.89. The van der Waals surface area contributed by atoms with E-state index in [2.05, 4.69) is 15.5 Å². The number of carbonyl (C=O) groups excluding carboxylic acids is 1. The van der Waals surface area contributed by atoms with Gasteiger partial charge in [0.15, 0.2) is 0 Å². The highest BCUT2D eigenvalue weighted by Gasteiger charge is 2.22. The predicted octanol–water partition coefficient (Wildman–Crippen LogP) is 4.60. The van der Waals surface area contributed by atoms with Gasteiger partial charge in [-0.15, -0.1) is 10.2 Å². The summed E-state index contributed by atoms with van der Waals surface area (Å²) in [6.07, 6.45) is 0. The number of methoxy groups -OCH3 is 1. The number of sulfonamides is 1. The van der Waals surface area contributed by atoms with Gasteiger partial charge in [-0.3, -0.25) is 14.4 Å². The van der Waals surface area contributed by atoms with Crippen LogP contribution in [0.2, 0.25) is 0 Å². The van der Waals surface area contributed by atoms with Gasteiger partial charge in [0, 0.05) is 18.2 Å². The van der Waals surface area contributed by atoms with Crippen molar-refractivity contribution in [3.8, 4) is 16.3 Å². The first-order valence-electron chi connectivity index (χ1n) is 10.2. The highest BCUT2D eigenvalue weighted by Crippen LogP contribution is 2.28. The molecule has 4 rings (SSSR count). The molecule has 10 heteroatoms. The molecule has 1 amide bonds. The summed E-state index contributed by atoms with van der Waals surface area (Å²) >= 11 is 1.23. The van der Waals surface area contributed by atoms with E-state index in [0.29, 0.717) is 21.4 Å². The van der Waals surface area contributed by atoms with E-state index in [0.717, 1.165) is 21.2 Å². The molecular weight excluding hydrogens is 472 g/mol. The fourth-order valence-electron chi connectivity index (χ4n) is 3.14. The van der Waals surface area contributed by atoms with Crippen molar-refractivity contribution in [1.82, 2.24) is 10.2 Å². The molecule has 0 aliphatic rings. The van der Waals surface area contributed by atoms with Crippen LogP contribution in [0.3, 0.4) is 0 Å². The molecule has 34 heavy (non-hydrogen) atoms. The van der Waals surface area contributed by atoms with Gasteiger partial charge in [0.25, 0.3) is 15.9 Å². The molecule has 174 valence electrons. The lowest BCUT2D eigenvalue weighted by Crippen LogP contribution is -2.26. The smallest absolute Gasteiger partial charge is 0.264 e. The van der Waals surface area contributed by atoms with Gasteiger partial charge < -0.3 is 4.74 Å². The van der Waals surface area contributed by atoms with Crippen molar-refractivity contribution >= 4 is 38.1 Å². The topological polar surface area (TPSA) is 101 Å². The fraction of sp³-hybridized carbons (Fsp3) is 0.125. The van der Waals surface area contributed by atoms with Crippen LogP contribution in [0.5, 0.6) is 5.75 Å². The zero-order valence-corrected chi connectivity index (χ0v) is 20.4. The van der Waals surface area contributed by atoms with Gasteiger partial charge in [-0.1, -0.05) is 35.1 Å². The minimum atomic E-state index is -3.77. The first kappa shape index (κ1) is 23.4. The second-order valence-corrected chi connectivity index (χ2v) is 10.4. The summed E-state index contributed by atoms with van der Waals surface area (Å²) in [4.78, 5) is 13.0. The number of rotatable bonds is 7. The number of anilines is 2. The average Bonchev–Trinajstić information content (AvgIpc) is 3.32. The minimum Gasteiger partial charge on any atom is -0.497 e. The highest BCUT2D eigenvalue weighted by atomic mass is 32.2. The van der Waals surface area contributed by atoms with Crippen molar-refractivity contribution in [2.75, 3.05) is 23.8 Å². The van der Waals surface area contributed by atoms with Crippen LogP contribution in [0.15, 0.2) is 77.7 Å². The minimum absolute atomic E-state index is 0.176. The van der Waals surface area contributed by atoms with Crippen LogP contribution in [0.1, 0.15) is 15.9 Å². The van der Waals surface area contributed by atoms with Crippen LogP contribution in [0.25, 0.3) is 10.6 Å². The molecule has 0 unspecified atom stereocenters. The van der Waals surface area contributed by atoms with Crippen molar-refractivity contribution in [2.24, 2.45) is 0 Å². The van der Waals surface area contributed by atoms with Crippen LogP contribution in [-0.4, -0.2) is 38.7 Å².